The predicted molar refractivity (Wildman–Crippen MR) is 129 cm³/mol. The maximum absolute atomic E-state index is 12.2. The highest BCUT2D eigenvalue weighted by Crippen LogP contribution is 2.32. The van der Waals surface area contributed by atoms with Crippen LogP contribution in [0, 0.1) is 10.1 Å². The summed E-state index contributed by atoms with van der Waals surface area (Å²) in [6.07, 6.45) is 1.30. The molecule has 1 heterocycles. The van der Waals surface area contributed by atoms with Gasteiger partial charge in [0.1, 0.15) is 5.02 Å². The fourth-order valence-electron chi connectivity index (χ4n) is 2.96. The second kappa shape index (κ2) is 11.5. The first kappa shape index (κ1) is 25.0. The number of thioether (sulfide) groups is 1. The van der Waals surface area contributed by atoms with Crippen molar-refractivity contribution in [1.82, 2.24) is 20.2 Å². The van der Waals surface area contributed by atoms with Gasteiger partial charge in [0, 0.05) is 23.7 Å². The van der Waals surface area contributed by atoms with E-state index in [9.17, 15) is 14.9 Å². The van der Waals surface area contributed by atoms with Crippen molar-refractivity contribution in [1.29, 1.82) is 0 Å². The summed E-state index contributed by atoms with van der Waals surface area (Å²) in [5.74, 6) is 1.48. The van der Waals surface area contributed by atoms with Crippen molar-refractivity contribution in [2.45, 2.75) is 18.6 Å². The first-order valence-corrected chi connectivity index (χ1v) is 11.3. The number of rotatable bonds is 10. The lowest BCUT2D eigenvalue weighted by Gasteiger charge is -2.10. The van der Waals surface area contributed by atoms with Gasteiger partial charge in [0.25, 0.3) is 11.6 Å². The van der Waals surface area contributed by atoms with Crippen LogP contribution < -0.4 is 14.9 Å². The monoisotopic (exact) mass is 504 g/mol. The number of nitrogens with zero attached hydrogens (tertiary/aromatic N) is 5. The average Bonchev–Trinajstić information content (AvgIpc) is 3.26. The number of hydrogen-bond acceptors (Lipinski definition) is 9. The molecule has 1 aromatic heterocycles. The minimum atomic E-state index is -0.588. The zero-order valence-corrected chi connectivity index (χ0v) is 20.1. The second-order valence-electron chi connectivity index (χ2n) is 6.67. The molecule has 1 N–H and O–H groups in total. The van der Waals surface area contributed by atoms with Crippen molar-refractivity contribution in [2.24, 2.45) is 5.10 Å². The molecule has 2 aromatic carbocycles. The number of nitro benzene ring substituents is 1. The molecule has 0 spiro atoms. The van der Waals surface area contributed by atoms with E-state index in [-0.39, 0.29) is 22.4 Å². The number of carbonyl (C=O) groups excluding carboxylic acids is 1. The molecule has 3 aromatic rings. The lowest BCUT2D eigenvalue weighted by atomic mass is 10.2. The fraction of sp³-hybridized carbons (Fsp3) is 0.238. The molecule has 0 aliphatic rings. The van der Waals surface area contributed by atoms with Crippen LogP contribution >= 0.6 is 23.4 Å². The van der Waals surface area contributed by atoms with E-state index in [0.717, 1.165) is 5.56 Å². The number of carbonyl (C=O) groups is 1. The average molecular weight is 505 g/mol. The lowest BCUT2D eigenvalue weighted by Crippen LogP contribution is -2.20. The van der Waals surface area contributed by atoms with Crippen LogP contribution in [0.1, 0.15) is 12.5 Å². The van der Waals surface area contributed by atoms with Gasteiger partial charge in [-0.05, 0) is 31.2 Å². The zero-order valence-electron chi connectivity index (χ0n) is 18.5. The summed E-state index contributed by atoms with van der Waals surface area (Å²) >= 11 is 6.99. The molecule has 0 fully saturated rings. The van der Waals surface area contributed by atoms with Gasteiger partial charge >= 0.3 is 0 Å². The van der Waals surface area contributed by atoms with Gasteiger partial charge in [0.2, 0.25) is 0 Å². The molecule has 0 saturated heterocycles. The Morgan fingerprint density at radius 1 is 1.24 bits per heavy atom. The summed E-state index contributed by atoms with van der Waals surface area (Å²) in [6.45, 7) is 2.54. The topological polar surface area (TPSA) is 134 Å². The number of aromatic nitrogens is 3. The SMILES string of the molecule is CCn1c(SCC(=O)NN=Cc2ccc(Cl)c([N+](=O)[O-])c2)nnc1-c1ccc(OC)c(OC)c1. The van der Waals surface area contributed by atoms with Crippen molar-refractivity contribution in [3.63, 3.8) is 0 Å². The highest BCUT2D eigenvalue weighted by molar-refractivity contribution is 7.99. The van der Waals surface area contributed by atoms with E-state index in [2.05, 4.69) is 20.7 Å². The summed E-state index contributed by atoms with van der Waals surface area (Å²) in [6, 6.07) is 9.68. The van der Waals surface area contributed by atoms with Crippen LogP contribution in [-0.4, -0.2) is 51.8 Å². The predicted octanol–water partition coefficient (Wildman–Crippen LogP) is 3.79. The normalized spacial score (nSPS) is 10.9. The van der Waals surface area contributed by atoms with Gasteiger partial charge in [0.15, 0.2) is 22.5 Å². The molecule has 34 heavy (non-hydrogen) atoms. The maximum atomic E-state index is 12.2. The molecule has 178 valence electrons. The molecule has 13 heteroatoms. The van der Waals surface area contributed by atoms with Gasteiger partial charge in [-0.1, -0.05) is 29.4 Å². The van der Waals surface area contributed by atoms with Crippen molar-refractivity contribution in [3.8, 4) is 22.9 Å². The van der Waals surface area contributed by atoms with Crippen LogP contribution in [0.2, 0.25) is 5.02 Å². The number of benzene rings is 2. The van der Waals surface area contributed by atoms with Crippen molar-refractivity contribution in [3.05, 3.63) is 57.1 Å². The Bertz CT molecular complexity index is 1230. The van der Waals surface area contributed by atoms with E-state index in [0.29, 0.717) is 34.6 Å². The van der Waals surface area contributed by atoms with Crippen molar-refractivity contribution < 1.29 is 19.2 Å². The molecule has 0 aliphatic heterocycles. The van der Waals surface area contributed by atoms with Crippen LogP contribution in [0.5, 0.6) is 11.5 Å². The summed E-state index contributed by atoms with van der Waals surface area (Å²) < 4.78 is 12.5. The number of amides is 1. The molecule has 0 atom stereocenters. The van der Waals surface area contributed by atoms with E-state index in [1.54, 1.807) is 26.4 Å². The second-order valence-corrected chi connectivity index (χ2v) is 8.02. The van der Waals surface area contributed by atoms with Gasteiger partial charge in [-0.3, -0.25) is 14.9 Å². The fourth-order valence-corrected chi connectivity index (χ4v) is 3.94. The standard InChI is InChI=1S/C21H21ClN6O5S/c1-4-27-20(14-6-8-17(32-2)18(10-14)33-3)25-26-21(27)34-12-19(29)24-23-11-13-5-7-15(22)16(9-13)28(30)31/h5-11H,4,12H2,1-3H3,(H,24,29). The molecule has 0 bridgehead atoms. The highest BCUT2D eigenvalue weighted by atomic mass is 35.5. The summed E-state index contributed by atoms with van der Waals surface area (Å²) in [7, 11) is 3.12. The number of hydrogen-bond donors (Lipinski definition) is 1. The van der Waals surface area contributed by atoms with Crippen molar-refractivity contribution in [2.75, 3.05) is 20.0 Å². The lowest BCUT2D eigenvalue weighted by molar-refractivity contribution is -0.384. The van der Waals surface area contributed by atoms with E-state index < -0.39 is 4.92 Å². The third kappa shape index (κ3) is 5.83. The van der Waals surface area contributed by atoms with Crippen LogP contribution in [0.4, 0.5) is 5.69 Å². The number of ether oxygens (including phenoxy) is 2. The van der Waals surface area contributed by atoms with Gasteiger partial charge < -0.3 is 14.0 Å². The Kier molecular flexibility index (Phi) is 8.44. The van der Waals surface area contributed by atoms with Crippen LogP contribution in [0.3, 0.4) is 0 Å². The number of methoxy groups -OCH3 is 2. The maximum Gasteiger partial charge on any atom is 0.288 e. The Balaban J connectivity index is 1.64. The molecule has 0 saturated carbocycles. The Labute approximate surface area is 204 Å². The largest absolute Gasteiger partial charge is 0.493 e. The van der Waals surface area contributed by atoms with Crippen LogP contribution in [-0.2, 0) is 11.3 Å². The molecular weight excluding hydrogens is 484 g/mol. The van der Waals surface area contributed by atoms with E-state index in [1.807, 2.05) is 23.6 Å². The number of nitrogens with one attached hydrogen (secondary N) is 1. The first-order valence-electron chi connectivity index (χ1n) is 9.92. The quantitative estimate of drug-likeness (QED) is 0.191. The molecular formula is C21H21ClN6O5S. The number of nitro groups is 1. The molecule has 11 nitrogen and oxygen atoms in total. The van der Waals surface area contributed by atoms with Gasteiger partial charge in [-0.25, -0.2) is 5.43 Å². The highest BCUT2D eigenvalue weighted by Gasteiger charge is 2.16. The minimum absolute atomic E-state index is 0.0232. The molecule has 0 radical (unpaired) electrons. The minimum Gasteiger partial charge on any atom is -0.493 e. The van der Waals surface area contributed by atoms with Gasteiger partial charge in [-0.2, -0.15) is 5.10 Å². The smallest absolute Gasteiger partial charge is 0.288 e. The van der Waals surface area contributed by atoms with Crippen molar-refractivity contribution >= 4 is 41.2 Å². The molecule has 0 unspecified atom stereocenters. The molecule has 3 rings (SSSR count). The van der Waals surface area contributed by atoms with Crippen LogP contribution in [0.25, 0.3) is 11.4 Å². The van der Waals surface area contributed by atoms with E-state index >= 15 is 0 Å². The summed E-state index contributed by atoms with van der Waals surface area (Å²) in [4.78, 5) is 22.6. The third-order valence-electron chi connectivity index (χ3n) is 4.58. The number of halogens is 1. The molecule has 0 aliphatic carbocycles. The van der Waals surface area contributed by atoms with Gasteiger partial charge in [-0.15, -0.1) is 10.2 Å². The van der Waals surface area contributed by atoms with E-state index in [1.165, 1.54) is 30.1 Å². The van der Waals surface area contributed by atoms with Crippen LogP contribution in [0.15, 0.2) is 46.7 Å². The summed E-state index contributed by atoms with van der Waals surface area (Å²) in [5.41, 5.74) is 3.37. The van der Waals surface area contributed by atoms with E-state index in [4.69, 9.17) is 21.1 Å². The first-order chi connectivity index (χ1) is 16.4. The Hall–Kier alpha value is -3.64. The molecule has 1 amide bonds. The summed E-state index contributed by atoms with van der Waals surface area (Å²) in [5, 5.41) is 23.9. The number of hydrazone groups is 1. The Morgan fingerprint density at radius 3 is 2.68 bits per heavy atom. The van der Waals surface area contributed by atoms with Gasteiger partial charge in [0.05, 0.1) is 31.1 Å². The zero-order chi connectivity index (χ0) is 24.7. The third-order valence-corrected chi connectivity index (χ3v) is 5.86. The Morgan fingerprint density at radius 2 is 2.00 bits per heavy atom.